The van der Waals surface area contributed by atoms with Gasteiger partial charge in [0.25, 0.3) is 0 Å². The second kappa shape index (κ2) is 10.9. The molecule has 0 aliphatic rings. The molecule has 0 fully saturated rings. The van der Waals surface area contributed by atoms with Gasteiger partial charge in [-0.2, -0.15) is 0 Å². The Kier molecular flexibility index (Phi) is 9.24. The van der Waals surface area contributed by atoms with Crippen molar-refractivity contribution in [1.29, 1.82) is 0 Å². The lowest BCUT2D eigenvalue weighted by molar-refractivity contribution is 0.318. The predicted molar refractivity (Wildman–Crippen MR) is 124 cm³/mol. The van der Waals surface area contributed by atoms with Gasteiger partial charge in [0.2, 0.25) is 0 Å². The van der Waals surface area contributed by atoms with Crippen LogP contribution in [0.4, 0.5) is 10.5 Å². The molecule has 3 aromatic rings. The standard InChI is InChI=1S/C21H28N4.C2H6O.FH.H2/c1-7-10-25-12-15(5)20-18(25)11-14(4)19(24-20)16-8-9-17(13(2)3)23-21(16)22-6;1-2-3;;/h8-9,11-13H,7,10H2,1-6H3,(H,22,23);3H,2H2,1H3;2*1H. The number of fused-ring (bicyclic) bond motifs is 1. The van der Waals surface area contributed by atoms with E-state index >= 15 is 0 Å². The molecule has 0 radical (unpaired) electrons. The fourth-order valence-electron chi connectivity index (χ4n) is 3.35. The molecule has 0 unspecified atom stereocenters. The molecule has 29 heavy (non-hydrogen) atoms. The number of hydrogen-bond acceptors (Lipinski definition) is 4. The molecule has 0 bridgehead atoms. The minimum atomic E-state index is 0. The number of anilines is 1. The highest BCUT2D eigenvalue weighted by Crippen LogP contribution is 2.32. The number of aliphatic hydroxyl groups is 1. The second-order valence-electron chi connectivity index (χ2n) is 7.38. The van der Waals surface area contributed by atoms with Crippen molar-refractivity contribution in [3.8, 4) is 11.3 Å². The first-order valence-electron chi connectivity index (χ1n) is 10.1. The molecule has 3 rings (SSSR count). The third kappa shape index (κ3) is 5.32. The highest BCUT2D eigenvalue weighted by atomic mass is 19.0. The van der Waals surface area contributed by atoms with E-state index in [1.165, 1.54) is 16.6 Å². The Labute approximate surface area is 175 Å². The van der Waals surface area contributed by atoms with Gasteiger partial charge in [0.1, 0.15) is 5.82 Å². The summed E-state index contributed by atoms with van der Waals surface area (Å²) in [6, 6.07) is 6.52. The van der Waals surface area contributed by atoms with Crippen LogP contribution in [0.3, 0.4) is 0 Å². The van der Waals surface area contributed by atoms with Crippen LogP contribution < -0.4 is 5.32 Å². The van der Waals surface area contributed by atoms with E-state index in [-0.39, 0.29) is 12.7 Å². The fraction of sp³-hybridized carbons (Fsp3) is 0.478. The first-order chi connectivity index (χ1) is 13.4. The van der Waals surface area contributed by atoms with E-state index in [0.717, 1.165) is 41.3 Å². The van der Waals surface area contributed by atoms with Gasteiger partial charge in [0, 0.05) is 39.1 Å². The zero-order valence-corrected chi connectivity index (χ0v) is 18.7. The van der Waals surface area contributed by atoms with E-state index in [0.29, 0.717) is 5.92 Å². The average molecular weight is 405 g/mol. The minimum Gasteiger partial charge on any atom is -0.397 e. The van der Waals surface area contributed by atoms with E-state index in [1.807, 2.05) is 7.05 Å². The molecule has 0 saturated carbocycles. The monoisotopic (exact) mass is 404 g/mol. The maximum absolute atomic E-state index is 7.57. The van der Waals surface area contributed by atoms with Gasteiger partial charge >= 0.3 is 0 Å². The number of rotatable bonds is 5. The van der Waals surface area contributed by atoms with Crippen LogP contribution in [0.15, 0.2) is 24.4 Å². The second-order valence-corrected chi connectivity index (χ2v) is 7.38. The van der Waals surface area contributed by atoms with Gasteiger partial charge in [-0.15, -0.1) is 0 Å². The first kappa shape index (κ1) is 24.6. The summed E-state index contributed by atoms with van der Waals surface area (Å²) in [7, 11) is 1.92. The van der Waals surface area contributed by atoms with E-state index in [9.17, 15) is 0 Å². The molecule has 0 aromatic carbocycles. The molecule has 162 valence electrons. The van der Waals surface area contributed by atoms with Crippen LogP contribution in [0.25, 0.3) is 22.3 Å². The van der Waals surface area contributed by atoms with Crippen molar-refractivity contribution in [2.75, 3.05) is 19.0 Å². The summed E-state index contributed by atoms with van der Waals surface area (Å²) in [5.41, 5.74) is 7.88. The average Bonchev–Trinajstić information content (AvgIpc) is 2.96. The summed E-state index contributed by atoms with van der Waals surface area (Å²) in [6.07, 6.45) is 3.33. The molecule has 0 aliphatic carbocycles. The lowest BCUT2D eigenvalue weighted by Gasteiger charge is -2.14. The van der Waals surface area contributed by atoms with Gasteiger partial charge < -0.3 is 15.0 Å². The van der Waals surface area contributed by atoms with Crippen LogP contribution in [0.2, 0.25) is 0 Å². The number of pyridine rings is 2. The molecular weight excluding hydrogens is 367 g/mol. The van der Waals surface area contributed by atoms with Gasteiger partial charge in [-0.1, -0.05) is 20.8 Å². The highest BCUT2D eigenvalue weighted by Gasteiger charge is 2.16. The van der Waals surface area contributed by atoms with Gasteiger partial charge in [0.15, 0.2) is 0 Å². The molecule has 0 spiro atoms. The number of halogens is 1. The lowest BCUT2D eigenvalue weighted by Crippen LogP contribution is -2.02. The fourth-order valence-corrected chi connectivity index (χ4v) is 3.35. The molecule has 0 saturated heterocycles. The van der Waals surface area contributed by atoms with Crippen LogP contribution in [-0.4, -0.2) is 33.3 Å². The maximum atomic E-state index is 7.57. The Morgan fingerprint density at radius 1 is 1.14 bits per heavy atom. The molecule has 6 heteroatoms. The van der Waals surface area contributed by atoms with Crippen molar-refractivity contribution in [3.05, 3.63) is 41.2 Å². The van der Waals surface area contributed by atoms with Crippen LogP contribution in [0, 0.1) is 13.8 Å². The topological polar surface area (TPSA) is 63.0 Å². The Bertz CT molecular complexity index is 941. The van der Waals surface area contributed by atoms with Crippen molar-refractivity contribution in [1.82, 2.24) is 14.5 Å². The summed E-state index contributed by atoms with van der Waals surface area (Å²) < 4.78 is 2.31. The lowest BCUT2D eigenvalue weighted by atomic mass is 10.0. The summed E-state index contributed by atoms with van der Waals surface area (Å²) in [6.45, 7) is 13.8. The highest BCUT2D eigenvalue weighted by molar-refractivity contribution is 5.86. The smallest absolute Gasteiger partial charge is 0.135 e. The van der Waals surface area contributed by atoms with Crippen LogP contribution >= 0.6 is 0 Å². The number of aromatic nitrogens is 3. The van der Waals surface area contributed by atoms with Crippen molar-refractivity contribution in [2.24, 2.45) is 0 Å². The molecular formula is C23H37FN4O. The zero-order valence-electron chi connectivity index (χ0n) is 18.7. The van der Waals surface area contributed by atoms with E-state index in [2.05, 4.69) is 68.9 Å². The third-order valence-electron chi connectivity index (χ3n) is 4.69. The van der Waals surface area contributed by atoms with E-state index in [1.54, 1.807) is 6.92 Å². The molecule has 3 heterocycles. The predicted octanol–water partition coefficient (Wildman–Crippen LogP) is 5.69. The third-order valence-corrected chi connectivity index (χ3v) is 4.69. The quantitative estimate of drug-likeness (QED) is 0.574. The van der Waals surface area contributed by atoms with Crippen LogP contribution in [-0.2, 0) is 6.54 Å². The Hall–Kier alpha value is -2.47. The zero-order chi connectivity index (χ0) is 20.8. The molecule has 3 aromatic heterocycles. The number of nitrogens with zero attached hydrogens (tertiary/aromatic N) is 3. The Morgan fingerprint density at radius 2 is 1.79 bits per heavy atom. The number of nitrogens with one attached hydrogen (secondary N) is 1. The van der Waals surface area contributed by atoms with Crippen molar-refractivity contribution in [2.45, 2.75) is 60.4 Å². The summed E-state index contributed by atoms with van der Waals surface area (Å²) >= 11 is 0. The maximum Gasteiger partial charge on any atom is 0.135 e. The Morgan fingerprint density at radius 3 is 2.34 bits per heavy atom. The number of aryl methyl sites for hydroxylation is 3. The van der Waals surface area contributed by atoms with Gasteiger partial charge in [-0.3, -0.25) is 4.70 Å². The van der Waals surface area contributed by atoms with Gasteiger partial charge in [0.05, 0.1) is 16.7 Å². The SMILES string of the molecule is CCCn1cc(C)c2nc(-c3ccc(C(C)C)nc3NC)c(C)cc21.CCO.F.[HH]. The van der Waals surface area contributed by atoms with Crippen LogP contribution in [0.1, 0.15) is 58.3 Å². The number of hydrogen-bond donors (Lipinski definition) is 2. The summed E-state index contributed by atoms with van der Waals surface area (Å²) in [5, 5.41) is 10.8. The normalized spacial score (nSPS) is 10.5. The molecule has 2 N–H and O–H groups in total. The molecule has 0 amide bonds. The Balaban J connectivity index is 0.00000159. The minimum absolute atomic E-state index is 0. The van der Waals surface area contributed by atoms with Crippen molar-refractivity contribution >= 4 is 16.9 Å². The number of aliphatic hydroxyl groups excluding tert-OH is 1. The van der Waals surface area contributed by atoms with Crippen molar-refractivity contribution < 1.29 is 11.2 Å². The molecule has 0 atom stereocenters. The van der Waals surface area contributed by atoms with Crippen LogP contribution in [0.5, 0.6) is 0 Å². The van der Waals surface area contributed by atoms with Crippen molar-refractivity contribution in [3.63, 3.8) is 0 Å². The summed E-state index contributed by atoms with van der Waals surface area (Å²) in [5.74, 6) is 1.30. The summed E-state index contributed by atoms with van der Waals surface area (Å²) in [4.78, 5) is 9.82. The van der Waals surface area contributed by atoms with Gasteiger partial charge in [-0.25, -0.2) is 9.97 Å². The molecule has 5 nitrogen and oxygen atoms in total. The largest absolute Gasteiger partial charge is 0.397 e. The first-order valence-corrected chi connectivity index (χ1v) is 10.1. The van der Waals surface area contributed by atoms with E-state index in [4.69, 9.17) is 15.1 Å². The van der Waals surface area contributed by atoms with Gasteiger partial charge in [-0.05, 0) is 62.4 Å². The van der Waals surface area contributed by atoms with E-state index < -0.39 is 0 Å². The molecule has 0 aliphatic heterocycles.